The van der Waals surface area contributed by atoms with Gasteiger partial charge in [-0.3, -0.25) is 9.59 Å². The molecule has 2 amide bonds. The molecule has 5 nitrogen and oxygen atoms in total. The van der Waals surface area contributed by atoms with E-state index in [4.69, 9.17) is 0 Å². The summed E-state index contributed by atoms with van der Waals surface area (Å²) in [6.45, 7) is 0.370. The maximum absolute atomic E-state index is 12.2. The summed E-state index contributed by atoms with van der Waals surface area (Å²) < 4.78 is 0. The van der Waals surface area contributed by atoms with Gasteiger partial charge < -0.3 is 14.9 Å². The molecule has 0 spiro atoms. The highest BCUT2D eigenvalue weighted by Gasteiger charge is 2.23. The molecule has 1 N–H and O–H groups in total. The molecule has 0 aliphatic heterocycles. The number of anilines is 1. The Morgan fingerprint density at radius 2 is 1.50 bits per heavy atom. The van der Waals surface area contributed by atoms with Crippen LogP contribution >= 0.6 is 0 Å². The molecule has 2 aromatic carbocycles. The molecule has 0 atom stereocenters. The lowest BCUT2D eigenvalue weighted by Crippen LogP contribution is -2.41. The molecule has 0 fully saturated rings. The second-order valence-corrected chi connectivity index (χ2v) is 5.03. The smallest absolute Gasteiger partial charge is 0.316 e. The Morgan fingerprint density at radius 3 is 2.09 bits per heavy atom. The number of aromatic hydroxyl groups is 1. The van der Waals surface area contributed by atoms with Gasteiger partial charge in [0.05, 0.1) is 0 Å². The quantitative estimate of drug-likeness (QED) is 0.882. The van der Waals surface area contributed by atoms with Crippen LogP contribution in [0, 0.1) is 0 Å². The van der Waals surface area contributed by atoms with E-state index in [-0.39, 0.29) is 5.75 Å². The van der Waals surface area contributed by atoms with Gasteiger partial charge in [-0.15, -0.1) is 0 Å². The summed E-state index contributed by atoms with van der Waals surface area (Å²) in [4.78, 5) is 27.1. The molecule has 0 heterocycles. The molecule has 114 valence electrons. The monoisotopic (exact) mass is 298 g/mol. The van der Waals surface area contributed by atoms with Gasteiger partial charge >= 0.3 is 11.8 Å². The number of likely N-dealkylation sites (N-methyl/N-ethyl adjacent to an activating group) is 2. The van der Waals surface area contributed by atoms with Crippen molar-refractivity contribution < 1.29 is 14.7 Å². The number of carbonyl (C=O) groups is 2. The van der Waals surface area contributed by atoms with Crippen molar-refractivity contribution in [2.75, 3.05) is 19.0 Å². The summed E-state index contributed by atoms with van der Waals surface area (Å²) in [5.74, 6) is -1.10. The second kappa shape index (κ2) is 6.76. The summed E-state index contributed by atoms with van der Waals surface area (Å²) in [7, 11) is 3.13. The fourth-order valence-electron chi connectivity index (χ4n) is 2.03. The SMILES string of the molecule is CN(Cc1ccccc1)C(=O)C(=O)N(C)c1ccc(O)cc1. The van der Waals surface area contributed by atoms with E-state index in [1.165, 1.54) is 29.0 Å². The van der Waals surface area contributed by atoms with Crippen molar-refractivity contribution in [1.29, 1.82) is 0 Å². The number of benzene rings is 2. The molecule has 0 radical (unpaired) electrons. The van der Waals surface area contributed by atoms with Crippen molar-refractivity contribution in [2.24, 2.45) is 0 Å². The van der Waals surface area contributed by atoms with E-state index in [2.05, 4.69) is 0 Å². The van der Waals surface area contributed by atoms with Crippen molar-refractivity contribution in [3.05, 3.63) is 60.2 Å². The van der Waals surface area contributed by atoms with E-state index in [0.29, 0.717) is 12.2 Å². The van der Waals surface area contributed by atoms with E-state index >= 15 is 0 Å². The lowest BCUT2D eigenvalue weighted by molar-refractivity contribution is -0.143. The molecule has 22 heavy (non-hydrogen) atoms. The van der Waals surface area contributed by atoms with Crippen LogP contribution in [0.5, 0.6) is 5.75 Å². The predicted octanol–water partition coefficient (Wildman–Crippen LogP) is 2.01. The predicted molar refractivity (Wildman–Crippen MR) is 84.4 cm³/mol. The number of carbonyl (C=O) groups excluding carboxylic acids is 2. The van der Waals surface area contributed by atoms with Crippen molar-refractivity contribution in [3.63, 3.8) is 0 Å². The second-order valence-electron chi connectivity index (χ2n) is 5.03. The zero-order valence-corrected chi connectivity index (χ0v) is 12.6. The number of amides is 2. The maximum atomic E-state index is 12.2. The van der Waals surface area contributed by atoms with Gasteiger partial charge in [0.15, 0.2) is 0 Å². The number of phenolic OH excluding ortho intramolecular Hbond substituents is 1. The first kappa shape index (κ1) is 15.6. The van der Waals surface area contributed by atoms with Crippen LogP contribution < -0.4 is 4.90 Å². The van der Waals surface area contributed by atoms with E-state index in [1.54, 1.807) is 19.2 Å². The molecular weight excluding hydrogens is 280 g/mol. The van der Waals surface area contributed by atoms with Crippen LogP contribution in [0.15, 0.2) is 54.6 Å². The fourth-order valence-corrected chi connectivity index (χ4v) is 2.03. The lowest BCUT2D eigenvalue weighted by Gasteiger charge is -2.21. The van der Waals surface area contributed by atoms with E-state index in [0.717, 1.165) is 5.56 Å². The number of rotatable bonds is 3. The standard InChI is InChI=1S/C17H18N2O3/c1-18(12-13-6-4-3-5-7-13)16(21)17(22)19(2)14-8-10-15(20)11-9-14/h3-11,20H,12H2,1-2H3. The zero-order chi connectivity index (χ0) is 16.1. The highest BCUT2D eigenvalue weighted by Crippen LogP contribution is 2.17. The summed E-state index contributed by atoms with van der Waals surface area (Å²) in [6.07, 6.45) is 0. The minimum Gasteiger partial charge on any atom is -0.508 e. The van der Waals surface area contributed by atoms with Crippen LogP contribution in [-0.2, 0) is 16.1 Å². The van der Waals surface area contributed by atoms with Crippen LogP contribution in [0.25, 0.3) is 0 Å². The average Bonchev–Trinajstić information content (AvgIpc) is 2.54. The van der Waals surface area contributed by atoms with Crippen LogP contribution in [-0.4, -0.2) is 35.9 Å². The maximum Gasteiger partial charge on any atom is 0.316 e. The van der Waals surface area contributed by atoms with Gasteiger partial charge in [0, 0.05) is 26.3 Å². The first-order valence-corrected chi connectivity index (χ1v) is 6.85. The molecule has 0 aliphatic carbocycles. The van der Waals surface area contributed by atoms with Gasteiger partial charge in [0.25, 0.3) is 0 Å². The molecule has 2 rings (SSSR count). The van der Waals surface area contributed by atoms with Gasteiger partial charge in [-0.25, -0.2) is 0 Å². The molecule has 2 aromatic rings. The summed E-state index contributed by atoms with van der Waals surface area (Å²) in [6, 6.07) is 15.6. The van der Waals surface area contributed by atoms with Crippen LogP contribution in [0.2, 0.25) is 0 Å². The minimum atomic E-state index is -0.621. The third kappa shape index (κ3) is 3.63. The molecule has 0 unspecified atom stereocenters. The van der Waals surface area contributed by atoms with Gasteiger partial charge in [-0.1, -0.05) is 30.3 Å². The normalized spacial score (nSPS) is 10.1. The van der Waals surface area contributed by atoms with Gasteiger partial charge in [-0.05, 0) is 29.8 Å². The number of hydrogen-bond acceptors (Lipinski definition) is 3. The van der Waals surface area contributed by atoms with Crippen molar-refractivity contribution in [2.45, 2.75) is 6.54 Å². The summed E-state index contributed by atoms with van der Waals surface area (Å²) in [5.41, 5.74) is 1.50. The molecule has 0 aromatic heterocycles. The molecule has 0 saturated carbocycles. The highest BCUT2D eigenvalue weighted by atomic mass is 16.3. The van der Waals surface area contributed by atoms with Gasteiger partial charge in [-0.2, -0.15) is 0 Å². The van der Waals surface area contributed by atoms with Gasteiger partial charge in [0.2, 0.25) is 0 Å². The Bertz CT molecular complexity index is 653. The third-order valence-electron chi connectivity index (χ3n) is 3.33. The number of phenols is 1. The van der Waals surface area contributed by atoms with Crippen LogP contribution in [0.3, 0.4) is 0 Å². The summed E-state index contributed by atoms with van der Waals surface area (Å²) >= 11 is 0. The average molecular weight is 298 g/mol. The molecular formula is C17H18N2O3. The van der Waals surface area contributed by atoms with Crippen molar-refractivity contribution >= 4 is 17.5 Å². The van der Waals surface area contributed by atoms with E-state index < -0.39 is 11.8 Å². The largest absolute Gasteiger partial charge is 0.508 e. The van der Waals surface area contributed by atoms with Crippen molar-refractivity contribution in [1.82, 2.24) is 4.90 Å². The van der Waals surface area contributed by atoms with Crippen LogP contribution in [0.4, 0.5) is 5.69 Å². The Kier molecular flexibility index (Phi) is 4.78. The van der Waals surface area contributed by atoms with Crippen LogP contribution in [0.1, 0.15) is 5.56 Å². The summed E-state index contributed by atoms with van der Waals surface area (Å²) in [5, 5.41) is 9.26. The van der Waals surface area contributed by atoms with Gasteiger partial charge in [0.1, 0.15) is 5.75 Å². The first-order chi connectivity index (χ1) is 10.5. The molecule has 0 aliphatic rings. The lowest BCUT2D eigenvalue weighted by atomic mass is 10.2. The Labute approximate surface area is 129 Å². The minimum absolute atomic E-state index is 0.108. The highest BCUT2D eigenvalue weighted by molar-refractivity contribution is 6.40. The van der Waals surface area contributed by atoms with Crippen molar-refractivity contribution in [3.8, 4) is 5.75 Å². The Balaban J connectivity index is 2.04. The third-order valence-corrected chi connectivity index (χ3v) is 3.33. The Hall–Kier alpha value is -2.82. The molecule has 0 bridgehead atoms. The van der Waals surface area contributed by atoms with E-state index in [9.17, 15) is 14.7 Å². The van der Waals surface area contributed by atoms with E-state index in [1.807, 2.05) is 30.3 Å². The number of nitrogens with zero attached hydrogens (tertiary/aromatic N) is 2. The molecule has 5 heteroatoms. The Morgan fingerprint density at radius 1 is 0.909 bits per heavy atom. The molecule has 0 saturated heterocycles. The first-order valence-electron chi connectivity index (χ1n) is 6.85. The zero-order valence-electron chi connectivity index (χ0n) is 12.6. The topological polar surface area (TPSA) is 60.9 Å². The number of hydrogen-bond donors (Lipinski definition) is 1. The fraction of sp³-hybridized carbons (Fsp3) is 0.176.